The molecule has 0 saturated carbocycles. The topological polar surface area (TPSA) is 46.6 Å². The third-order valence-electron chi connectivity index (χ3n) is 4.62. The van der Waals surface area contributed by atoms with Gasteiger partial charge in [0.1, 0.15) is 5.75 Å². The minimum absolute atomic E-state index is 0.209. The molecule has 3 aromatic rings. The first-order chi connectivity index (χ1) is 13.9. The molecular weight excluding hydrogens is 382 g/mol. The molecule has 0 radical (unpaired) electrons. The normalized spacial score (nSPS) is 11.8. The van der Waals surface area contributed by atoms with Crippen molar-refractivity contribution in [2.75, 3.05) is 7.11 Å². The van der Waals surface area contributed by atoms with Crippen LogP contribution < -0.4 is 4.74 Å². The Kier molecular flexibility index (Phi) is 6.26. The molecule has 0 aliphatic rings. The summed E-state index contributed by atoms with van der Waals surface area (Å²) in [5.41, 5.74) is 2.48. The number of benzene rings is 3. The van der Waals surface area contributed by atoms with Crippen LogP contribution in [-0.4, -0.2) is 19.8 Å². The van der Waals surface area contributed by atoms with Gasteiger partial charge in [-0.3, -0.25) is 0 Å². The van der Waals surface area contributed by atoms with E-state index in [-0.39, 0.29) is 4.90 Å². The van der Waals surface area contributed by atoms with Crippen molar-refractivity contribution < 1.29 is 13.2 Å². The second kappa shape index (κ2) is 8.85. The summed E-state index contributed by atoms with van der Waals surface area (Å²) in [7, 11) is -2.27. The lowest BCUT2D eigenvalue weighted by molar-refractivity contribution is 0.413. The van der Waals surface area contributed by atoms with E-state index in [1.807, 2.05) is 56.3 Å². The van der Waals surface area contributed by atoms with Crippen LogP contribution in [0.2, 0.25) is 0 Å². The van der Waals surface area contributed by atoms with Crippen molar-refractivity contribution in [1.29, 1.82) is 0 Å². The highest BCUT2D eigenvalue weighted by Gasteiger charge is 2.28. The molecule has 0 heterocycles. The number of aryl methyl sites for hydroxylation is 1. The Labute approximate surface area is 172 Å². The fourth-order valence-electron chi connectivity index (χ4n) is 2.92. The van der Waals surface area contributed by atoms with E-state index in [4.69, 9.17) is 4.74 Å². The predicted octanol–water partition coefficient (Wildman–Crippen LogP) is 4.76. The van der Waals surface area contributed by atoms with Crippen LogP contribution in [0, 0.1) is 18.9 Å². The number of hydrogen-bond acceptors (Lipinski definition) is 3. The highest BCUT2D eigenvalue weighted by molar-refractivity contribution is 7.89. The van der Waals surface area contributed by atoms with Gasteiger partial charge in [0.25, 0.3) is 10.0 Å². The van der Waals surface area contributed by atoms with Crippen LogP contribution in [0.3, 0.4) is 0 Å². The molecule has 0 N–H and O–H groups in total. The van der Waals surface area contributed by atoms with Crippen LogP contribution >= 0.6 is 0 Å². The van der Waals surface area contributed by atoms with E-state index in [0.29, 0.717) is 11.3 Å². The van der Waals surface area contributed by atoms with E-state index >= 15 is 0 Å². The molecule has 1 atom stereocenters. The first-order valence-electron chi connectivity index (χ1n) is 9.24. The Morgan fingerprint density at radius 2 is 1.52 bits per heavy atom. The summed E-state index contributed by atoms with van der Waals surface area (Å²) in [5.74, 6) is 3.57. The zero-order chi connectivity index (χ0) is 20.9. The maximum atomic E-state index is 13.4. The molecule has 3 rings (SSSR count). The van der Waals surface area contributed by atoms with Crippen LogP contribution in [0.1, 0.15) is 29.7 Å². The van der Waals surface area contributed by atoms with Crippen LogP contribution in [0.25, 0.3) is 0 Å². The maximum Gasteiger partial charge on any atom is 0.271 e. The summed E-state index contributed by atoms with van der Waals surface area (Å²) in [6, 6.07) is 25.9. The van der Waals surface area contributed by atoms with Gasteiger partial charge in [0.2, 0.25) is 0 Å². The lowest BCUT2D eigenvalue weighted by Gasteiger charge is -2.25. The summed E-state index contributed by atoms with van der Waals surface area (Å²) in [6.45, 7) is 3.75. The molecule has 4 nitrogen and oxygen atoms in total. The van der Waals surface area contributed by atoms with Crippen LogP contribution in [-0.2, 0) is 10.0 Å². The zero-order valence-electron chi connectivity index (χ0n) is 16.7. The van der Waals surface area contributed by atoms with Gasteiger partial charge in [-0.2, -0.15) is 0 Å². The molecule has 5 heteroatoms. The molecule has 1 unspecified atom stereocenters. The quantitative estimate of drug-likeness (QED) is 0.454. The van der Waals surface area contributed by atoms with Crippen molar-refractivity contribution in [2.45, 2.75) is 24.8 Å². The lowest BCUT2D eigenvalue weighted by Crippen LogP contribution is -2.29. The molecule has 148 valence electrons. The van der Waals surface area contributed by atoms with Gasteiger partial charge in [-0.25, -0.2) is 12.7 Å². The first kappa shape index (κ1) is 20.5. The lowest BCUT2D eigenvalue weighted by atomic mass is 10.1. The van der Waals surface area contributed by atoms with Crippen LogP contribution in [0.4, 0.5) is 0 Å². The Morgan fingerprint density at radius 3 is 2.17 bits per heavy atom. The van der Waals surface area contributed by atoms with Crippen molar-refractivity contribution in [3.05, 3.63) is 95.6 Å². The van der Waals surface area contributed by atoms with Crippen molar-refractivity contribution in [1.82, 2.24) is 4.31 Å². The smallest absolute Gasteiger partial charge is 0.271 e. The van der Waals surface area contributed by atoms with Gasteiger partial charge in [0.05, 0.1) is 23.6 Å². The fraction of sp³-hybridized carbons (Fsp3) is 0.167. The maximum absolute atomic E-state index is 13.4. The average molecular weight is 406 g/mol. The molecular formula is C24H23NO3S. The third-order valence-corrected chi connectivity index (χ3v) is 6.41. The summed E-state index contributed by atoms with van der Waals surface area (Å²) < 4.78 is 33.4. The fourth-order valence-corrected chi connectivity index (χ4v) is 4.33. The molecule has 0 aliphatic heterocycles. The Balaban J connectivity index is 2.10. The van der Waals surface area contributed by atoms with E-state index in [1.54, 1.807) is 43.5 Å². The van der Waals surface area contributed by atoms with Gasteiger partial charge in [0.15, 0.2) is 0 Å². The van der Waals surface area contributed by atoms with Gasteiger partial charge in [-0.05, 0) is 49.6 Å². The Hall–Kier alpha value is -3.23. The number of rotatable bonds is 5. The predicted molar refractivity (Wildman–Crippen MR) is 115 cm³/mol. The summed E-state index contributed by atoms with van der Waals surface area (Å²) in [5, 5.41) is 0. The summed E-state index contributed by atoms with van der Waals surface area (Å²) in [6.07, 6.45) is 0. The molecule has 3 aromatic carbocycles. The molecule has 0 fully saturated rings. The van der Waals surface area contributed by atoms with Gasteiger partial charge in [0, 0.05) is 6.04 Å². The minimum Gasteiger partial charge on any atom is -0.495 e. The standard InChI is InChI=1S/C24H23NO3S/c1-19-13-15-23(16-14-19)29(26,27)25(20(2)21-9-5-4-6-10-21)18-17-22-11-7-8-12-24(22)28-3/h4-16,20H,1-3H3. The van der Waals surface area contributed by atoms with E-state index in [0.717, 1.165) is 11.1 Å². The molecule has 0 bridgehead atoms. The number of methoxy groups -OCH3 is 1. The number of sulfonamides is 1. The number of hydrogen-bond donors (Lipinski definition) is 0. The highest BCUT2D eigenvalue weighted by Crippen LogP contribution is 2.27. The number of nitrogens with zero attached hydrogens (tertiary/aromatic N) is 1. The first-order valence-corrected chi connectivity index (χ1v) is 10.7. The van der Waals surface area contributed by atoms with E-state index in [1.165, 1.54) is 4.31 Å². The summed E-state index contributed by atoms with van der Waals surface area (Å²) in [4.78, 5) is 0.209. The van der Waals surface area contributed by atoms with Gasteiger partial charge in [-0.1, -0.05) is 60.2 Å². The van der Waals surface area contributed by atoms with Crippen LogP contribution in [0.15, 0.2) is 83.8 Å². The third kappa shape index (κ3) is 4.61. The Bertz CT molecular complexity index is 1130. The molecule has 0 spiro atoms. The Morgan fingerprint density at radius 1 is 0.897 bits per heavy atom. The average Bonchev–Trinajstić information content (AvgIpc) is 2.74. The van der Waals surface area contributed by atoms with Crippen molar-refractivity contribution in [2.24, 2.45) is 0 Å². The number of para-hydroxylation sites is 1. The van der Waals surface area contributed by atoms with Gasteiger partial charge >= 0.3 is 0 Å². The minimum atomic E-state index is -3.84. The second-order valence-corrected chi connectivity index (χ2v) is 8.45. The van der Waals surface area contributed by atoms with Crippen molar-refractivity contribution >= 4 is 10.0 Å². The SMILES string of the molecule is COc1ccccc1C#CN(C(C)c1ccccc1)S(=O)(=O)c1ccc(C)cc1. The monoisotopic (exact) mass is 405 g/mol. The molecule has 29 heavy (non-hydrogen) atoms. The van der Waals surface area contributed by atoms with Gasteiger partial charge < -0.3 is 4.74 Å². The molecule has 0 aliphatic carbocycles. The molecule has 0 aromatic heterocycles. The summed E-state index contributed by atoms with van der Waals surface area (Å²) >= 11 is 0. The van der Waals surface area contributed by atoms with E-state index in [9.17, 15) is 8.42 Å². The van der Waals surface area contributed by atoms with E-state index < -0.39 is 16.1 Å². The molecule has 0 saturated heterocycles. The van der Waals surface area contributed by atoms with Crippen molar-refractivity contribution in [3.8, 4) is 17.7 Å². The van der Waals surface area contributed by atoms with Gasteiger partial charge in [-0.15, -0.1) is 0 Å². The second-order valence-electron chi connectivity index (χ2n) is 6.64. The van der Waals surface area contributed by atoms with Crippen molar-refractivity contribution in [3.63, 3.8) is 0 Å². The van der Waals surface area contributed by atoms with Crippen LogP contribution in [0.5, 0.6) is 5.75 Å². The molecule has 0 amide bonds. The number of ether oxygens (including phenoxy) is 1. The highest BCUT2D eigenvalue weighted by atomic mass is 32.2. The van der Waals surface area contributed by atoms with E-state index in [2.05, 4.69) is 12.0 Å². The largest absolute Gasteiger partial charge is 0.495 e. The zero-order valence-corrected chi connectivity index (χ0v) is 17.5.